The molecule has 0 saturated heterocycles. The van der Waals surface area contributed by atoms with E-state index in [0.717, 1.165) is 5.56 Å². The third-order valence-corrected chi connectivity index (χ3v) is 4.22. The number of rotatable bonds is 6. The molecule has 0 bridgehead atoms. The number of nitriles is 1. The molecule has 0 atom stereocenters. The summed E-state index contributed by atoms with van der Waals surface area (Å²) in [5.74, 6) is 0.0861. The summed E-state index contributed by atoms with van der Waals surface area (Å²) in [5, 5.41) is 10.6. The largest absolute Gasteiger partial charge is 0.369 e. The van der Waals surface area contributed by atoms with Crippen molar-refractivity contribution < 1.29 is 4.79 Å². The van der Waals surface area contributed by atoms with Crippen molar-refractivity contribution >= 4 is 47.1 Å². The summed E-state index contributed by atoms with van der Waals surface area (Å²) in [4.78, 5) is 17.5. The van der Waals surface area contributed by atoms with Crippen LogP contribution in [0.1, 0.15) is 12.5 Å². The van der Waals surface area contributed by atoms with Crippen molar-refractivity contribution in [1.29, 1.82) is 5.26 Å². The number of thioether (sulfide) groups is 1. The Kier molecular flexibility index (Phi) is 7.46. The summed E-state index contributed by atoms with van der Waals surface area (Å²) in [6.07, 6.45) is 1.54. The Labute approximate surface area is 144 Å². The summed E-state index contributed by atoms with van der Waals surface area (Å²) in [6.45, 7) is 1.34. The SMILES string of the molecule is CC(=O)C(C#N)=C(N=CN(C)C)SCc1c(Cl)cccc1Cl. The first-order valence-corrected chi connectivity index (χ1v) is 8.02. The van der Waals surface area contributed by atoms with Gasteiger partial charge in [-0.1, -0.05) is 29.3 Å². The lowest BCUT2D eigenvalue weighted by molar-refractivity contribution is -0.113. The van der Waals surface area contributed by atoms with Crippen molar-refractivity contribution in [2.24, 2.45) is 4.99 Å². The Balaban J connectivity index is 3.10. The van der Waals surface area contributed by atoms with Crippen molar-refractivity contribution in [2.75, 3.05) is 14.1 Å². The van der Waals surface area contributed by atoms with E-state index in [1.165, 1.54) is 25.0 Å². The Bertz CT molecular complexity index is 643. The molecule has 0 radical (unpaired) electrons. The Hall–Kier alpha value is -1.48. The van der Waals surface area contributed by atoms with Crippen molar-refractivity contribution in [3.8, 4) is 6.07 Å². The molecule has 0 fully saturated rings. The lowest BCUT2D eigenvalue weighted by atomic mass is 10.2. The minimum Gasteiger partial charge on any atom is -0.369 e. The number of nitrogens with zero attached hydrogens (tertiary/aromatic N) is 3. The number of halogens is 2. The van der Waals surface area contributed by atoms with Gasteiger partial charge in [0.15, 0.2) is 5.78 Å². The van der Waals surface area contributed by atoms with Gasteiger partial charge >= 0.3 is 0 Å². The van der Waals surface area contributed by atoms with Gasteiger partial charge in [0.1, 0.15) is 16.7 Å². The van der Waals surface area contributed by atoms with E-state index in [0.29, 0.717) is 20.8 Å². The van der Waals surface area contributed by atoms with E-state index in [1.54, 1.807) is 37.2 Å². The summed E-state index contributed by atoms with van der Waals surface area (Å²) in [6, 6.07) is 7.15. The molecule has 1 aromatic rings. The zero-order valence-electron chi connectivity index (χ0n) is 12.4. The molecule has 0 aliphatic heterocycles. The van der Waals surface area contributed by atoms with Gasteiger partial charge in [0, 0.05) is 29.9 Å². The molecule has 0 N–H and O–H groups in total. The van der Waals surface area contributed by atoms with Gasteiger partial charge < -0.3 is 4.90 Å². The van der Waals surface area contributed by atoms with Gasteiger partial charge in [-0.3, -0.25) is 4.79 Å². The first kappa shape index (κ1) is 18.6. The third kappa shape index (κ3) is 5.38. The molecule has 116 valence electrons. The standard InChI is InChI=1S/C15H15Cl2N3OS/c1-10(21)11(7-18)15(19-9-20(2)3)22-8-12-13(16)5-4-6-14(12)17/h4-6,9H,8H2,1-3H3. The van der Waals surface area contributed by atoms with Crippen LogP contribution in [0.2, 0.25) is 10.0 Å². The molecule has 4 nitrogen and oxygen atoms in total. The van der Waals surface area contributed by atoms with Crippen LogP contribution in [-0.4, -0.2) is 31.1 Å². The van der Waals surface area contributed by atoms with Crippen LogP contribution >= 0.6 is 35.0 Å². The average molecular weight is 356 g/mol. The van der Waals surface area contributed by atoms with E-state index in [2.05, 4.69) is 4.99 Å². The highest BCUT2D eigenvalue weighted by molar-refractivity contribution is 8.02. The number of ketones is 1. The van der Waals surface area contributed by atoms with Crippen molar-refractivity contribution in [1.82, 2.24) is 4.90 Å². The predicted octanol–water partition coefficient (Wildman–Crippen LogP) is 4.14. The second-order valence-electron chi connectivity index (χ2n) is 4.55. The van der Waals surface area contributed by atoms with Crippen LogP contribution < -0.4 is 0 Å². The van der Waals surface area contributed by atoms with Gasteiger partial charge in [-0.2, -0.15) is 5.26 Å². The average Bonchev–Trinajstić information content (AvgIpc) is 2.43. The Morgan fingerprint density at radius 2 is 2.00 bits per heavy atom. The molecule has 22 heavy (non-hydrogen) atoms. The van der Waals surface area contributed by atoms with E-state index in [9.17, 15) is 4.79 Å². The molecule has 1 aromatic carbocycles. The number of aliphatic imine (C=N–C) groups is 1. The number of hydrogen-bond acceptors (Lipinski definition) is 4. The van der Waals surface area contributed by atoms with Crippen LogP contribution in [0, 0.1) is 11.3 Å². The number of carbonyl (C=O) groups is 1. The molecule has 0 amide bonds. The van der Waals surface area contributed by atoms with Crippen LogP contribution in [0.5, 0.6) is 0 Å². The first-order chi connectivity index (χ1) is 10.4. The second-order valence-corrected chi connectivity index (χ2v) is 6.32. The highest BCUT2D eigenvalue weighted by Crippen LogP contribution is 2.32. The molecule has 0 spiro atoms. The molecule has 1 rings (SSSR count). The van der Waals surface area contributed by atoms with E-state index < -0.39 is 0 Å². The summed E-state index contributed by atoms with van der Waals surface area (Å²) in [5.41, 5.74) is 0.764. The zero-order chi connectivity index (χ0) is 16.7. The van der Waals surface area contributed by atoms with Crippen LogP contribution in [0.3, 0.4) is 0 Å². The summed E-state index contributed by atoms with van der Waals surface area (Å²) < 4.78 is 0. The first-order valence-electron chi connectivity index (χ1n) is 6.28. The molecule has 0 aliphatic carbocycles. The van der Waals surface area contributed by atoms with Gasteiger partial charge in [-0.05, 0) is 24.6 Å². The van der Waals surface area contributed by atoms with Crippen LogP contribution in [-0.2, 0) is 10.5 Å². The summed E-state index contributed by atoms with van der Waals surface area (Å²) in [7, 11) is 3.60. The predicted molar refractivity (Wildman–Crippen MR) is 93.3 cm³/mol. The normalized spacial score (nSPS) is 12.0. The quantitative estimate of drug-likeness (QED) is 0.333. The molecule has 0 heterocycles. The lowest BCUT2D eigenvalue weighted by Crippen LogP contribution is -2.08. The molecule has 7 heteroatoms. The number of hydrogen-bond donors (Lipinski definition) is 0. The van der Waals surface area contributed by atoms with Gasteiger partial charge in [0.25, 0.3) is 0 Å². The van der Waals surface area contributed by atoms with E-state index in [1.807, 2.05) is 6.07 Å². The smallest absolute Gasteiger partial charge is 0.173 e. The van der Waals surface area contributed by atoms with Gasteiger partial charge in [-0.25, -0.2) is 4.99 Å². The highest BCUT2D eigenvalue weighted by Gasteiger charge is 2.13. The van der Waals surface area contributed by atoms with Crippen LogP contribution in [0.25, 0.3) is 0 Å². The Morgan fingerprint density at radius 1 is 1.41 bits per heavy atom. The van der Waals surface area contributed by atoms with Crippen molar-refractivity contribution in [3.63, 3.8) is 0 Å². The number of carbonyl (C=O) groups excluding carboxylic acids is 1. The minimum atomic E-state index is -0.328. The fourth-order valence-electron chi connectivity index (χ4n) is 1.43. The maximum atomic E-state index is 11.6. The molecule has 0 aliphatic rings. The number of allylic oxidation sites excluding steroid dienone is 1. The monoisotopic (exact) mass is 355 g/mol. The maximum absolute atomic E-state index is 11.6. The fraction of sp³-hybridized carbons (Fsp3) is 0.267. The van der Waals surface area contributed by atoms with Gasteiger partial charge in [-0.15, -0.1) is 11.8 Å². The van der Waals surface area contributed by atoms with Crippen molar-refractivity contribution in [3.05, 3.63) is 44.4 Å². The van der Waals surface area contributed by atoms with Crippen LogP contribution in [0.4, 0.5) is 0 Å². The number of benzene rings is 1. The highest BCUT2D eigenvalue weighted by atomic mass is 35.5. The maximum Gasteiger partial charge on any atom is 0.173 e. The zero-order valence-corrected chi connectivity index (χ0v) is 14.8. The molecular formula is C15H15Cl2N3OS. The lowest BCUT2D eigenvalue weighted by Gasteiger charge is -2.09. The minimum absolute atomic E-state index is 0.0197. The Morgan fingerprint density at radius 3 is 2.45 bits per heavy atom. The summed E-state index contributed by atoms with van der Waals surface area (Å²) >= 11 is 13.5. The molecule has 0 aromatic heterocycles. The van der Waals surface area contributed by atoms with E-state index in [4.69, 9.17) is 28.5 Å². The fourth-order valence-corrected chi connectivity index (χ4v) is 3.17. The van der Waals surface area contributed by atoms with Gasteiger partial charge in [0.2, 0.25) is 0 Å². The van der Waals surface area contributed by atoms with Gasteiger partial charge in [0.05, 0.1) is 6.34 Å². The molecule has 0 unspecified atom stereocenters. The topological polar surface area (TPSA) is 56.5 Å². The van der Waals surface area contributed by atoms with Crippen LogP contribution in [0.15, 0.2) is 33.8 Å². The second kappa shape index (κ2) is 8.84. The third-order valence-electron chi connectivity index (χ3n) is 2.50. The molecule has 0 saturated carbocycles. The molecular weight excluding hydrogens is 341 g/mol. The van der Waals surface area contributed by atoms with E-state index >= 15 is 0 Å². The van der Waals surface area contributed by atoms with Crippen molar-refractivity contribution in [2.45, 2.75) is 12.7 Å². The number of Topliss-reactive ketones (excluding diaryl/α,β-unsaturated/α-hetero) is 1. The van der Waals surface area contributed by atoms with E-state index in [-0.39, 0.29) is 11.4 Å².